The van der Waals surface area contributed by atoms with Crippen LogP contribution in [-0.4, -0.2) is 16.1 Å². The summed E-state index contributed by atoms with van der Waals surface area (Å²) in [5.74, 6) is -0.548. The molecule has 1 rings (SSSR count). The Bertz CT molecular complexity index is 226. The van der Waals surface area contributed by atoms with Crippen molar-refractivity contribution < 1.29 is 6.21 Å². The van der Waals surface area contributed by atoms with Crippen molar-refractivity contribution in [2.24, 2.45) is 5.73 Å². The highest BCUT2D eigenvalue weighted by Crippen LogP contribution is 1.86. The van der Waals surface area contributed by atoms with Crippen molar-refractivity contribution in [2.45, 2.75) is 0 Å². The maximum Gasteiger partial charge on any atom is 0.269 e. The molecule has 9 heavy (non-hydrogen) atoms. The molecule has 1 aromatic heterocycles. The van der Waals surface area contributed by atoms with Crippen molar-refractivity contribution >= 4 is 5.91 Å². The summed E-state index contributed by atoms with van der Waals surface area (Å²) in [5, 5.41) is 6.93. The monoisotopic (exact) mass is 124 g/mol. The van der Waals surface area contributed by atoms with Crippen molar-refractivity contribution in [3.8, 4) is 0 Å². The third-order valence-electron chi connectivity index (χ3n) is 0.805. The normalized spacial score (nSPS) is 10.0. The molecule has 0 aliphatic rings. The van der Waals surface area contributed by atoms with Gasteiger partial charge in [-0.1, -0.05) is 0 Å². The van der Waals surface area contributed by atoms with Gasteiger partial charge in [0.05, 0.1) is 0 Å². The number of carbonyl (C=O) groups excluding carboxylic acids is 1. The summed E-state index contributed by atoms with van der Waals surface area (Å²) in [7, 11) is 0. The van der Waals surface area contributed by atoms with E-state index < -0.39 is 5.91 Å². The van der Waals surface area contributed by atoms with Gasteiger partial charge in [-0.25, -0.2) is 0 Å². The molecule has 46 valence electrons. The van der Waals surface area contributed by atoms with Crippen molar-refractivity contribution in [1.29, 1.82) is 0 Å². The topological polar surface area (TPSA) is 68.9 Å². The molecule has 0 radical (unpaired) electrons. The smallest absolute Gasteiger partial charge is 0.269 e. The molecule has 4 nitrogen and oxygen atoms in total. The summed E-state index contributed by atoms with van der Waals surface area (Å²) >= 11 is 0. The molecule has 4 heteroatoms. The van der Waals surface area contributed by atoms with Gasteiger partial charge in [0.25, 0.3) is 5.91 Å². The van der Waals surface area contributed by atoms with Crippen molar-refractivity contribution in [1.82, 2.24) is 10.2 Å². The van der Waals surface area contributed by atoms with Crippen LogP contribution in [0.15, 0.2) is 18.3 Å². The predicted molar refractivity (Wildman–Crippen MR) is 30.5 cm³/mol. The number of carbonyl (C=O) groups is 1. The molecule has 0 atom stereocenters. The van der Waals surface area contributed by atoms with Gasteiger partial charge in [-0.05, 0) is 12.1 Å². The molecule has 0 fully saturated rings. The second-order valence-corrected chi connectivity index (χ2v) is 1.44. The standard InChI is InChI=1S/C5H5N3O/c6-5(9)4-2-1-3-7-8-4/h1-3H,(H2,6,9)/i/hD. The molecule has 1 heterocycles. The van der Waals surface area contributed by atoms with Gasteiger partial charge < -0.3 is 5.73 Å². The fourth-order valence-corrected chi connectivity index (χ4v) is 0.423. The number of hydrogen-bond donors (Lipinski definition) is 1. The fourth-order valence-electron chi connectivity index (χ4n) is 0.423. The fraction of sp³-hybridized carbons (Fsp3) is 0. The zero-order valence-corrected chi connectivity index (χ0v) is 4.53. The molecular formula is C5H5N3O. The largest absolute Gasteiger partial charge is 0.364 e. The molecule has 0 aliphatic carbocycles. The van der Waals surface area contributed by atoms with Crippen LogP contribution in [-0.2, 0) is 0 Å². The molecule has 1 amide bonds. The maximum absolute atomic E-state index is 10.6. The zero-order chi connectivity index (χ0) is 7.40. The van der Waals surface area contributed by atoms with Gasteiger partial charge in [-0.3, -0.25) is 4.79 Å². The first-order chi connectivity index (χ1) is 4.84. The van der Waals surface area contributed by atoms with Crippen LogP contribution >= 0.6 is 0 Å². The Morgan fingerprint density at radius 3 is 3.33 bits per heavy atom. The van der Waals surface area contributed by atoms with Gasteiger partial charge in [0.15, 0.2) is 7.11 Å². The molecule has 0 unspecified atom stereocenters. The average Bonchev–Trinajstić information content (AvgIpc) is 2.05. The minimum Gasteiger partial charge on any atom is -0.364 e. The minimum absolute atomic E-state index is 0.150. The number of primary amides is 1. The van der Waals surface area contributed by atoms with Gasteiger partial charge in [-0.15, -0.1) is 5.10 Å². The summed E-state index contributed by atoms with van der Waals surface area (Å²) in [5.41, 5.74) is 1.84. The van der Waals surface area contributed by atoms with Gasteiger partial charge in [-0.2, -0.15) is 5.10 Å². The second kappa shape index (κ2) is 2.21. The van der Waals surface area contributed by atoms with Crippen molar-refractivity contribution in [3.05, 3.63) is 24.0 Å². The van der Waals surface area contributed by atoms with Crippen LogP contribution in [0.25, 0.3) is 0 Å². The highest BCUT2D eigenvalue weighted by molar-refractivity contribution is 5.90. The van der Waals surface area contributed by atoms with E-state index in [2.05, 4.69) is 10.2 Å². The molecule has 0 saturated carbocycles. The van der Waals surface area contributed by atoms with E-state index in [4.69, 9.17) is 1.41 Å². The quantitative estimate of drug-likeness (QED) is 0.552. The van der Waals surface area contributed by atoms with Gasteiger partial charge in [0.1, 0.15) is 0 Å². The second-order valence-electron chi connectivity index (χ2n) is 1.44. The van der Waals surface area contributed by atoms with E-state index in [9.17, 15) is 4.79 Å². The Morgan fingerprint density at radius 1 is 1.89 bits per heavy atom. The van der Waals surface area contributed by atoms with Crippen molar-refractivity contribution in [2.75, 3.05) is 0 Å². The number of nitrogens with zero attached hydrogens (tertiary/aromatic N) is 2. The van der Waals surface area contributed by atoms with Crippen LogP contribution < -0.4 is 5.73 Å². The summed E-state index contributed by atoms with van der Waals surface area (Å²) in [6.45, 7) is 0. The van der Waals surface area contributed by atoms with E-state index in [1.165, 1.54) is 12.3 Å². The van der Waals surface area contributed by atoms with E-state index in [0.717, 1.165) is 0 Å². The van der Waals surface area contributed by atoms with Crippen LogP contribution in [0.5, 0.6) is 0 Å². The Balaban J connectivity index is 2.85. The Kier molecular flexibility index (Phi) is 1.09. The number of hydrogen-bond acceptors (Lipinski definition) is 3. The third-order valence-corrected chi connectivity index (χ3v) is 0.805. The van der Waals surface area contributed by atoms with Gasteiger partial charge in [0.2, 0.25) is 0 Å². The number of aromatic nitrogens is 2. The first kappa shape index (κ1) is 4.43. The van der Waals surface area contributed by atoms with E-state index in [0.29, 0.717) is 0 Å². The molecular weight excluding hydrogens is 118 g/mol. The first-order valence-electron chi connectivity index (χ1n) is 2.84. The van der Waals surface area contributed by atoms with E-state index in [-0.39, 0.29) is 5.69 Å². The maximum atomic E-state index is 10.6. The van der Waals surface area contributed by atoms with Crippen LogP contribution in [0.4, 0.5) is 0 Å². The van der Waals surface area contributed by atoms with E-state index in [1.54, 1.807) is 11.8 Å². The summed E-state index contributed by atoms with van der Waals surface area (Å²) < 4.78 is 6.48. The summed E-state index contributed by atoms with van der Waals surface area (Å²) in [6.07, 6.45) is 1.46. The van der Waals surface area contributed by atoms with Gasteiger partial charge in [0, 0.05) is 6.20 Å². The Morgan fingerprint density at radius 2 is 2.78 bits per heavy atom. The molecule has 0 aromatic carbocycles. The van der Waals surface area contributed by atoms with Gasteiger partial charge >= 0.3 is 0 Å². The van der Waals surface area contributed by atoms with Crippen LogP contribution in [0.1, 0.15) is 10.5 Å². The lowest BCUT2D eigenvalue weighted by molar-refractivity contribution is 0.0994. The summed E-state index contributed by atoms with van der Waals surface area (Å²) in [6, 6.07) is 3.06. The molecule has 0 bridgehead atoms. The highest BCUT2D eigenvalue weighted by Gasteiger charge is 1.97. The third kappa shape index (κ3) is 1.22. The lowest BCUT2D eigenvalue weighted by Crippen LogP contribution is -2.12. The van der Waals surface area contributed by atoms with E-state index >= 15 is 0 Å². The lowest BCUT2D eigenvalue weighted by Gasteiger charge is -1.87. The van der Waals surface area contributed by atoms with Crippen LogP contribution in [0.2, 0.25) is 1.41 Å². The van der Waals surface area contributed by atoms with Crippen molar-refractivity contribution in [3.63, 3.8) is 0 Å². The Hall–Kier alpha value is -1.45. The first-order valence-corrected chi connectivity index (χ1v) is 2.34. The average molecular weight is 124 g/mol. The van der Waals surface area contributed by atoms with Crippen LogP contribution in [0, 0.1) is 0 Å². The number of nitrogens with two attached hydrogens (primary N) is 1. The molecule has 0 aliphatic heterocycles. The molecule has 0 spiro atoms. The highest BCUT2D eigenvalue weighted by atomic mass is 16.1. The molecule has 2 N–H and O–H groups in total. The minimum atomic E-state index is -0.548. The lowest BCUT2D eigenvalue weighted by atomic mass is 10.4. The van der Waals surface area contributed by atoms with Crippen LogP contribution in [0.3, 0.4) is 0 Å². The number of amides is 1. The predicted octanol–water partition coefficient (Wildman–Crippen LogP) is -0.425. The molecule has 1 aromatic rings. The summed E-state index contributed by atoms with van der Waals surface area (Å²) in [4.78, 5) is 10.6. The number of rotatable bonds is 1. The molecule has 0 saturated heterocycles. The zero-order valence-electron chi connectivity index (χ0n) is 5.53. The van der Waals surface area contributed by atoms with E-state index in [1.807, 2.05) is 0 Å². The Labute approximate surface area is 53.2 Å². The SMILES string of the molecule is [2H]NC(=O)c1cccnn1.